The van der Waals surface area contributed by atoms with Gasteiger partial charge in [-0.15, -0.1) is 0 Å². The molecule has 0 saturated carbocycles. The summed E-state index contributed by atoms with van der Waals surface area (Å²) >= 11 is 0. The van der Waals surface area contributed by atoms with Crippen molar-refractivity contribution in [3.05, 3.63) is 82.2 Å². The molecule has 2 aromatic carbocycles. The summed E-state index contributed by atoms with van der Waals surface area (Å²) in [6.07, 6.45) is 0. The third kappa shape index (κ3) is 3.96. The highest BCUT2D eigenvalue weighted by Crippen LogP contribution is 2.21. The second kappa shape index (κ2) is 8.08. The van der Waals surface area contributed by atoms with E-state index in [9.17, 15) is 9.59 Å². The minimum atomic E-state index is -0.446. The number of anilines is 1. The van der Waals surface area contributed by atoms with Gasteiger partial charge >= 0.3 is 5.97 Å². The van der Waals surface area contributed by atoms with Gasteiger partial charge in [0, 0.05) is 11.4 Å². The molecule has 0 atom stereocenters. The summed E-state index contributed by atoms with van der Waals surface area (Å²) in [7, 11) is 1.33. The van der Waals surface area contributed by atoms with E-state index in [4.69, 9.17) is 4.74 Å². The Morgan fingerprint density at radius 3 is 2.46 bits per heavy atom. The van der Waals surface area contributed by atoms with E-state index in [1.807, 2.05) is 55.8 Å². The predicted molar refractivity (Wildman–Crippen MR) is 108 cm³/mol. The number of hydrogen-bond donors (Lipinski definition) is 1. The van der Waals surface area contributed by atoms with Gasteiger partial charge in [-0.3, -0.25) is 9.48 Å². The molecule has 0 aliphatic carbocycles. The van der Waals surface area contributed by atoms with E-state index in [2.05, 4.69) is 10.4 Å². The van der Waals surface area contributed by atoms with Gasteiger partial charge in [0.1, 0.15) is 0 Å². The maximum atomic E-state index is 12.9. The fraction of sp³-hybridized carbons (Fsp3) is 0.227. The molecule has 0 aliphatic heterocycles. The Morgan fingerprint density at radius 1 is 1.07 bits per heavy atom. The molecule has 28 heavy (non-hydrogen) atoms. The molecule has 0 saturated heterocycles. The van der Waals surface area contributed by atoms with Crippen LogP contribution in [0.15, 0.2) is 48.5 Å². The lowest BCUT2D eigenvalue weighted by atomic mass is 10.1. The molecule has 0 radical (unpaired) electrons. The number of carbonyl (C=O) groups is 2. The van der Waals surface area contributed by atoms with Crippen molar-refractivity contribution in [3.8, 4) is 0 Å². The van der Waals surface area contributed by atoms with Crippen LogP contribution in [0.1, 0.15) is 43.2 Å². The van der Waals surface area contributed by atoms with Crippen molar-refractivity contribution in [2.75, 3.05) is 12.4 Å². The van der Waals surface area contributed by atoms with Crippen molar-refractivity contribution < 1.29 is 14.3 Å². The average molecular weight is 377 g/mol. The second-order valence-corrected chi connectivity index (χ2v) is 6.66. The molecule has 6 nitrogen and oxygen atoms in total. The summed E-state index contributed by atoms with van der Waals surface area (Å²) in [5.41, 5.74) is 4.92. The molecule has 6 heteroatoms. The molecule has 1 aromatic heterocycles. The van der Waals surface area contributed by atoms with Crippen molar-refractivity contribution >= 4 is 17.6 Å². The van der Waals surface area contributed by atoms with Gasteiger partial charge in [-0.2, -0.15) is 5.10 Å². The maximum absolute atomic E-state index is 12.9. The van der Waals surface area contributed by atoms with Crippen molar-refractivity contribution in [2.24, 2.45) is 0 Å². The number of hydrogen-bond acceptors (Lipinski definition) is 4. The standard InChI is InChI=1S/C22H23N3O3/c1-14-10-11-18(22(27)28-4)12-19(14)23-21(26)20-15(2)24-25(16(20)3)13-17-8-6-5-7-9-17/h5-12H,13H2,1-4H3,(H,23,26). The van der Waals surface area contributed by atoms with Crippen LogP contribution < -0.4 is 5.32 Å². The topological polar surface area (TPSA) is 73.2 Å². The molecule has 1 amide bonds. The number of amides is 1. The lowest BCUT2D eigenvalue weighted by Gasteiger charge is -2.11. The maximum Gasteiger partial charge on any atom is 0.337 e. The molecule has 1 N–H and O–H groups in total. The fourth-order valence-corrected chi connectivity index (χ4v) is 3.12. The monoisotopic (exact) mass is 377 g/mol. The lowest BCUT2D eigenvalue weighted by molar-refractivity contribution is 0.0600. The first kappa shape index (κ1) is 19.4. The molecule has 3 aromatic rings. The van der Waals surface area contributed by atoms with E-state index in [-0.39, 0.29) is 5.91 Å². The molecular weight excluding hydrogens is 354 g/mol. The fourth-order valence-electron chi connectivity index (χ4n) is 3.12. The Balaban J connectivity index is 1.86. The Hall–Kier alpha value is -3.41. The Morgan fingerprint density at radius 2 is 1.79 bits per heavy atom. The average Bonchev–Trinajstić information content (AvgIpc) is 2.96. The SMILES string of the molecule is COC(=O)c1ccc(C)c(NC(=O)c2c(C)nn(Cc3ccccc3)c2C)c1. The van der Waals surface area contributed by atoms with E-state index in [0.717, 1.165) is 16.8 Å². The Labute approximate surface area is 164 Å². The highest BCUT2D eigenvalue weighted by molar-refractivity contribution is 6.06. The number of carbonyl (C=O) groups excluding carboxylic acids is 2. The number of rotatable bonds is 5. The number of aromatic nitrogens is 2. The van der Waals surface area contributed by atoms with Crippen LogP contribution >= 0.6 is 0 Å². The second-order valence-electron chi connectivity index (χ2n) is 6.66. The van der Waals surface area contributed by atoms with Gasteiger partial charge < -0.3 is 10.1 Å². The van der Waals surface area contributed by atoms with Gasteiger partial charge in [0.05, 0.1) is 30.5 Å². The largest absolute Gasteiger partial charge is 0.465 e. The zero-order valence-electron chi connectivity index (χ0n) is 16.4. The van der Waals surface area contributed by atoms with E-state index >= 15 is 0 Å². The minimum absolute atomic E-state index is 0.251. The summed E-state index contributed by atoms with van der Waals surface area (Å²) in [5.74, 6) is -0.696. The van der Waals surface area contributed by atoms with Crippen LogP contribution in [0.3, 0.4) is 0 Å². The van der Waals surface area contributed by atoms with Crippen LogP contribution in [-0.2, 0) is 11.3 Å². The number of esters is 1. The zero-order chi connectivity index (χ0) is 20.3. The van der Waals surface area contributed by atoms with Crippen molar-refractivity contribution in [1.29, 1.82) is 0 Å². The number of methoxy groups -OCH3 is 1. The molecule has 3 rings (SSSR count). The summed E-state index contributed by atoms with van der Waals surface area (Å²) in [4.78, 5) is 24.7. The molecule has 1 heterocycles. The van der Waals surface area contributed by atoms with Crippen LogP contribution in [0, 0.1) is 20.8 Å². The van der Waals surface area contributed by atoms with Gasteiger partial charge in [-0.25, -0.2) is 4.79 Å². The Bertz CT molecular complexity index is 1020. The lowest BCUT2D eigenvalue weighted by Crippen LogP contribution is -2.16. The van der Waals surface area contributed by atoms with Crippen LogP contribution in [0.4, 0.5) is 5.69 Å². The first-order valence-electron chi connectivity index (χ1n) is 8.99. The van der Waals surface area contributed by atoms with Crippen LogP contribution in [-0.4, -0.2) is 28.8 Å². The molecule has 0 aliphatic rings. The quantitative estimate of drug-likeness (QED) is 0.685. The highest BCUT2D eigenvalue weighted by atomic mass is 16.5. The molecular formula is C22H23N3O3. The summed E-state index contributed by atoms with van der Waals surface area (Å²) in [6, 6.07) is 15.0. The molecule has 0 unspecified atom stereocenters. The van der Waals surface area contributed by atoms with Crippen LogP contribution in [0.2, 0.25) is 0 Å². The zero-order valence-corrected chi connectivity index (χ0v) is 16.4. The molecule has 0 spiro atoms. The number of nitrogens with one attached hydrogen (secondary N) is 1. The van der Waals surface area contributed by atoms with E-state index < -0.39 is 5.97 Å². The van der Waals surface area contributed by atoms with Gasteiger partial charge in [-0.1, -0.05) is 36.4 Å². The molecule has 0 bridgehead atoms. The normalized spacial score (nSPS) is 10.6. The Kier molecular flexibility index (Phi) is 5.59. The first-order valence-corrected chi connectivity index (χ1v) is 8.99. The van der Waals surface area contributed by atoms with Gasteiger partial charge in [-0.05, 0) is 44.0 Å². The predicted octanol–water partition coefficient (Wildman–Crippen LogP) is 3.90. The summed E-state index contributed by atoms with van der Waals surface area (Å²) in [6.45, 7) is 6.17. The molecule has 144 valence electrons. The van der Waals surface area contributed by atoms with Gasteiger partial charge in [0.25, 0.3) is 5.91 Å². The number of nitrogens with zero attached hydrogens (tertiary/aromatic N) is 2. The summed E-state index contributed by atoms with van der Waals surface area (Å²) in [5, 5.41) is 7.44. The van der Waals surface area contributed by atoms with Crippen molar-refractivity contribution in [2.45, 2.75) is 27.3 Å². The first-order chi connectivity index (χ1) is 13.4. The van der Waals surface area contributed by atoms with Crippen molar-refractivity contribution in [1.82, 2.24) is 9.78 Å². The van der Waals surface area contributed by atoms with E-state index in [0.29, 0.717) is 29.1 Å². The molecule has 0 fully saturated rings. The smallest absolute Gasteiger partial charge is 0.337 e. The van der Waals surface area contributed by atoms with Crippen LogP contribution in [0.5, 0.6) is 0 Å². The third-order valence-corrected chi connectivity index (χ3v) is 4.69. The van der Waals surface area contributed by atoms with E-state index in [1.165, 1.54) is 7.11 Å². The number of ether oxygens (including phenoxy) is 1. The minimum Gasteiger partial charge on any atom is -0.465 e. The van der Waals surface area contributed by atoms with E-state index in [1.54, 1.807) is 18.2 Å². The third-order valence-electron chi connectivity index (χ3n) is 4.69. The number of aryl methyl sites for hydroxylation is 2. The summed E-state index contributed by atoms with van der Waals surface area (Å²) < 4.78 is 6.58. The number of benzene rings is 2. The van der Waals surface area contributed by atoms with Gasteiger partial charge in [0.15, 0.2) is 0 Å². The van der Waals surface area contributed by atoms with Crippen molar-refractivity contribution in [3.63, 3.8) is 0 Å². The van der Waals surface area contributed by atoms with Gasteiger partial charge in [0.2, 0.25) is 0 Å². The van der Waals surface area contributed by atoms with Crippen LogP contribution in [0.25, 0.3) is 0 Å². The highest BCUT2D eigenvalue weighted by Gasteiger charge is 2.20.